The van der Waals surface area contributed by atoms with Gasteiger partial charge in [-0.15, -0.1) is 0 Å². The second kappa shape index (κ2) is 4.47. The van der Waals surface area contributed by atoms with Gasteiger partial charge in [-0.2, -0.15) is 0 Å². The molecule has 2 N–H and O–H groups in total. The zero-order chi connectivity index (χ0) is 10.8. The van der Waals surface area contributed by atoms with Crippen molar-refractivity contribution in [1.29, 1.82) is 0 Å². The second-order valence-electron chi connectivity index (χ2n) is 3.41. The number of rotatable bonds is 1. The van der Waals surface area contributed by atoms with Gasteiger partial charge in [0, 0.05) is 12.1 Å². The highest BCUT2D eigenvalue weighted by molar-refractivity contribution is 9.10. The van der Waals surface area contributed by atoms with Crippen LogP contribution in [0.25, 0.3) is 0 Å². The predicted octanol–water partition coefficient (Wildman–Crippen LogP) is 1.95. The zero-order valence-corrected chi connectivity index (χ0v) is 9.55. The molecule has 0 aliphatic carbocycles. The first-order valence-electron chi connectivity index (χ1n) is 4.67. The quantitative estimate of drug-likeness (QED) is 0.823. The number of hydrogen-bond acceptors (Lipinski definition) is 3. The smallest absolute Gasteiger partial charge is 0.134 e. The molecular weight excluding hydrogens is 265 g/mol. The van der Waals surface area contributed by atoms with Crippen LogP contribution in [0.4, 0.5) is 4.39 Å². The van der Waals surface area contributed by atoms with E-state index < -0.39 is 0 Å². The number of morpholine rings is 1. The van der Waals surface area contributed by atoms with Crippen LogP contribution in [0.15, 0.2) is 16.6 Å². The van der Waals surface area contributed by atoms with Crippen molar-refractivity contribution in [2.75, 3.05) is 19.8 Å². The Hall–Kier alpha value is -0.650. The van der Waals surface area contributed by atoms with E-state index in [0.717, 1.165) is 0 Å². The molecule has 1 heterocycles. The second-order valence-corrected chi connectivity index (χ2v) is 4.26. The number of benzene rings is 1. The summed E-state index contributed by atoms with van der Waals surface area (Å²) in [6.07, 6.45) is 0. The summed E-state index contributed by atoms with van der Waals surface area (Å²) < 4.78 is 18.8. The van der Waals surface area contributed by atoms with Gasteiger partial charge in [-0.05, 0) is 28.1 Å². The highest BCUT2D eigenvalue weighted by atomic mass is 79.9. The number of phenolic OH excluding ortho intramolecular Hbond substituents is 1. The van der Waals surface area contributed by atoms with Gasteiger partial charge in [0.1, 0.15) is 11.6 Å². The van der Waals surface area contributed by atoms with E-state index >= 15 is 0 Å². The van der Waals surface area contributed by atoms with Gasteiger partial charge >= 0.3 is 0 Å². The molecule has 1 fully saturated rings. The fourth-order valence-corrected chi connectivity index (χ4v) is 2.06. The van der Waals surface area contributed by atoms with E-state index in [1.54, 1.807) is 0 Å². The van der Waals surface area contributed by atoms with Gasteiger partial charge in [0.25, 0.3) is 0 Å². The van der Waals surface area contributed by atoms with E-state index in [0.29, 0.717) is 29.8 Å². The summed E-state index contributed by atoms with van der Waals surface area (Å²) in [6.45, 7) is 1.80. The summed E-state index contributed by atoms with van der Waals surface area (Å²) in [5.74, 6) is -0.304. The molecule has 15 heavy (non-hydrogen) atoms. The van der Waals surface area contributed by atoms with Crippen molar-refractivity contribution in [3.63, 3.8) is 0 Å². The summed E-state index contributed by atoms with van der Waals surface area (Å²) in [5.41, 5.74) is 0.529. The van der Waals surface area contributed by atoms with Crippen molar-refractivity contribution < 1.29 is 14.2 Å². The summed E-state index contributed by atoms with van der Waals surface area (Å²) >= 11 is 3.10. The number of hydrogen-bond donors (Lipinski definition) is 2. The van der Waals surface area contributed by atoms with Crippen LogP contribution < -0.4 is 5.32 Å². The van der Waals surface area contributed by atoms with Crippen molar-refractivity contribution in [3.8, 4) is 5.75 Å². The molecule has 1 aromatic rings. The van der Waals surface area contributed by atoms with Crippen LogP contribution in [0, 0.1) is 5.82 Å². The van der Waals surface area contributed by atoms with Gasteiger partial charge < -0.3 is 15.2 Å². The maximum atomic E-state index is 13.2. The fourth-order valence-electron chi connectivity index (χ4n) is 1.62. The van der Waals surface area contributed by atoms with Gasteiger partial charge in [0.05, 0.1) is 23.7 Å². The number of phenols is 1. The lowest BCUT2D eigenvalue weighted by atomic mass is 10.1. The molecule has 2 rings (SSSR count). The van der Waals surface area contributed by atoms with E-state index in [9.17, 15) is 9.50 Å². The van der Waals surface area contributed by atoms with Crippen LogP contribution in [0.2, 0.25) is 0 Å². The molecule has 82 valence electrons. The average Bonchev–Trinajstić information content (AvgIpc) is 2.24. The Morgan fingerprint density at radius 3 is 3.00 bits per heavy atom. The molecule has 3 nitrogen and oxygen atoms in total. The van der Waals surface area contributed by atoms with Gasteiger partial charge in [0.2, 0.25) is 0 Å². The highest BCUT2D eigenvalue weighted by Gasteiger charge is 2.20. The Balaban J connectivity index is 2.33. The topological polar surface area (TPSA) is 41.5 Å². The fraction of sp³-hybridized carbons (Fsp3) is 0.400. The lowest BCUT2D eigenvalue weighted by molar-refractivity contribution is 0.0759. The Morgan fingerprint density at radius 1 is 1.53 bits per heavy atom. The van der Waals surface area contributed by atoms with Crippen LogP contribution in [0.3, 0.4) is 0 Å². The van der Waals surface area contributed by atoms with E-state index in [1.807, 2.05) is 0 Å². The molecule has 0 radical (unpaired) electrons. The first kappa shape index (κ1) is 10.9. The minimum absolute atomic E-state index is 0.0689. The summed E-state index contributed by atoms with van der Waals surface area (Å²) in [5, 5.41) is 12.9. The van der Waals surface area contributed by atoms with E-state index in [1.165, 1.54) is 12.1 Å². The molecule has 1 unspecified atom stereocenters. The highest BCUT2D eigenvalue weighted by Crippen LogP contribution is 2.33. The van der Waals surface area contributed by atoms with Crippen LogP contribution in [0.1, 0.15) is 11.6 Å². The Kier molecular flexibility index (Phi) is 3.23. The monoisotopic (exact) mass is 275 g/mol. The van der Waals surface area contributed by atoms with Crippen LogP contribution in [-0.4, -0.2) is 24.9 Å². The first-order chi connectivity index (χ1) is 7.18. The van der Waals surface area contributed by atoms with Gasteiger partial charge in [-0.1, -0.05) is 0 Å². The van der Waals surface area contributed by atoms with Gasteiger partial charge in [-0.25, -0.2) is 4.39 Å². The molecule has 0 bridgehead atoms. The minimum atomic E-state index is -0.373. The zero-order valence-electron chi connectivity index (χ0n) is 7.96. The summed E-state index contributed by atoms with van der Waals surface area (Å²) in [6, 6.07) is 2.42. The molecular formula is C10H11BrFNO2. The summed E-state index contributed by atoms with van der Waals surface area (Å²) in [4.78, 5) is 0. The van der Waals surface area contributed by atoms with Crippen LogP contribution in [0.5, 0.6) is 5.75 Å². The molecule has 0 amide bonds. The number of nitrogens with one attached hydrogen (secondary N) is 1. The Morgan fingerprint density at radius 2 is 2.33 bits per heavy atom. The molecule has 1 aromatic carbocycles. The third-order valence-electron chi connectivity index (χ3n) is 2.35. The SMILES string of the molecule is Oc1c(Br)cc(F)cc1C1COCCN1. The maximum absolute atomic E-state index is 13.2. The standard InChI is InChI=1S/C10H11BrFNO2/c11-8-4-6(12)3-7(10(8)14)9-5-15-2-1-13-9/h3-4,9,13-14H,1-2,5H2. The molecule has 1 atom stereocenters. The number of ether oxygens (including phenoxy) is 1. The van der Waals surface area contributed by atoms with Crippen molar-refractivity contribution in [2.45, 2.75) is 6.04 Å². The van der Waals surface area contributed by atoms with Crippen molar-refractivity contribution in [1.82, 2.24) is 5.32 Å². The third kappa shape index (κ3) is 2.30. The molecule has 1 saturated heterocycles. The molecule has 1 aliphatic rings. The summed E-state index contributed by atoms with van der Waals surface area (Å²) in [7, 11) is 0. The average molecular weight is 276 g/mol. The molecule has 1 aliphatic heterocycles. The third-order valence-corrected chi connectivity index (χ3v) is 2.96. The van der Waals surface area contributed by atoms with Crippen LogP contribution >= 0.6 is 15.9 Å². The Bertz CT molecular complexity index is 367. The van der Waals surface area contributed by atoms with Gasteiger partial charge in [-0.3, -0.25) is 0 Å². The molecule has 0 spiro atoms. The predicted molar refractivity (Wildman–Crippen MR) is 57.3 cm³/mol. The lowest BCUT2D eigenvalue weighted by Crippen LogP contribution is -2.34. The molecule has 5 heteroatoms. The van der Waals surface area contributed by atoms with E-state index in [4.69, 9.17) is 4.74 Å². The number of aromatic hydroxyl groups is 1. The van der Waals surface area contributed by atoms with Gasteiger partial charge in [0.15, 0.2) is 0 Å². The first-order valence-corrected chi connectivity index (χ1v) is 5.47. The largest absolute Gasteiger partial charge is 0.506 e. The van der Waals surface area contributed by atoms with Crippen molar-refractivity contribution in [2.24, 2.45) is 0 Å². The van der Waals surface area contributed by atoms with Crippen LogP contribution in [-0.2, 0) is 4.74 Å². The molecule has 0 saturated carbocycles. The maximum Gasteiger partial charge on any atom is 0.134 e. The Labute approximate surface area is 95.4 Å². The van der Waals surface area contributed by atoms with E-state index in [-0.39, 0.29) is 17.6 Å². The lowest BCUT2D eigenvalue weighted by Gasteiger charge is -2.25. The van der Waals surface area contributed by atoms with Crippen molar-refractivity contribution in [3.05, 3.63) is 28.0 Å². The normalized spacial score (nSPS) is 21.6. The molecule has 0 aromatic heterocycles. The van der Waals surface area contributed by atoms with Crippen molar-refractivity contribution >= 4 is 15.9 Å². The number of halogens is 2. The van der Waals surface area contributed by atoms with E-state index in [2.05, 4.69) is 21.2 Å². The minimum Gasteiger partial charge on any atom is -0.506 e.